The van der Waals surface area contributed by atoms with Crippen LogP contribution in [-0.4, -0.2) is 5.91 Å². The van der Waals surface area contributed by atoms with Gasteiger partial charge in [-0.1, -0.05) is 32.0 Å². The molecule has 1 amide bonds. The fourth-order valence-corrected chi connectivity index (χ4v) is 2.01. The molecule has 2 nitrogen and oxygen atoms in total. The summed E-state index contributed by atoms with van der Waals surface area (Å²) in [5.41, 5.74) is 2.18. The number of hydrogen-bond donors (Lipinski definition) is 1. The van der Waals surface area contributed by atoms with Crippen molar-refractivity contribution in [3.63, 3.8) is 0 Å². The van der Waals surface area contributed by atoms with Crippen LogP contribution >= 0.6 is 0 Å². The molecule has 1 saturated carbocycles. The Morgan fingerprint density at radius 1 is 1.44 bits per heavy atom. The van der Waals surface area contributed by atoms with Gasteiger partial charge < -0.3 is 5.32 Å². The summed E-state index contributed by atoms with van der Waals surface area (Å²) in [4.78, 5) is 12.0. The lowest BCUT2D eigenvalue weighted by atomic mass is 10.0. The first kappa shape index (κ1) is 11.2. The summed E-state index contributed by atoms with van der Waals surface area (Å²) < 4.78 is 0. The Bertz CT molecular complexity index is 382. The molecular weight excluding hydrogens is 198 g/mol. The summed E-state index contributed by atoms with van der Waals surface area (Å²) in [5.74, 6) is 0.946. The second kappa shape index (κ2) is 4.69. The monoisotopic (exact) mass is 217 g/mol. The number of aryl methyl sites for hydroxylation is 1. The minimum atomic E-state index is 0.157. The predicted octanol–water partition coefficient (Wildman–Crippen LogP) is 3.23. The van der Waals surface area contributed by atoms with Gasteiger partial charge in [0.2, 0.25) is 5.91 Å². The summed E-state index contributed by atoms with van der Waals surface area (Å²) in [6.45, 7) is 4.14. The van der Waals surface area contributed by atoms with Crippen molar-refractivity contribution in [3.8, 4) is 0 Å². The van der Waals surface area contributed by atoms with E-state index in [0.29, 0.717) is 5.92 Å². The van der Waals surface area contributed by atoms with Gasteiger partial charge in [-0.15, -0.1) is 0 Å². The van der Waals surface area contributed by atoms with E-state index in [2.05, 4.69) is 18.3 Å². The van der Waals surface area contributed by atoms with Crippen molar-refractivity contribution in [3.05, 3.63) is 29.8 Å². The normalized spacial score (nSPS) is 16.9. The van der Waals surface area contributed by atoms with Crippen LogP contribution in [-0.2, 0) is 11.2 Å². The van der Waals surface area contributed by atoms with Gasteiger partial charge in [0.15, 0.2) is 0 Å². The molecular formula is C14H19NO. The standard InChI is InChI=1S/C14H19NO/c1-3-11-6-4-5-7-13(11)15-14(16)10(2)12-8-9-12/h4-7,10,12H,3,8-9H2,1-2H3,(H,15,16). The molecule has 86 valence electrons. The minimum Gasteiger partial charge on any atom is -0.326 e. The number of anilines is 1. The molecule has 1 fully saturated rings. The van der Waals surface area contributed by atoms with Gasteiger partial charge in [0.05, 0.1) is 0 Å². The number of carbonyl (C=O) groups excluding carboxylic acids is 1. The molecule has 0 radical (unpaired) electrons. The number of rotatable bonds is 4. The fraction of sp³-hybridized carbons (Fsp3) is 0.500. The van der Waals surface area contributed by atoms with Crippen LogP contribution in [0.5, 0.6) is 0 Å². The maximum Gasteiger partial charge on any atom is 0.227 e. The molecule has 1 atom stereocenters. The van der Waals surface area contributed by atoms with E-state index in [9.17, 15) is 4.79 Å². The van der Waals surface area contributed by atoms with Crippen molar-refractivity contribution in [1.82, 2.24) is 0 Å². The van der Waals surface area contributed by atoms with Gasteiger partial charge in [0.25, 0.3) is 0 Å². The zero-order chi connectivity index (χ0) is 11.5. The van der Waals surface area contributed by atoms with E-state index >= 15 is 0 Å². The topological polar surface area (TPSA) is 29.1 Å². The van der Waals surface area contributed by atoms with Gasteiger partial charge >= 0.3 is 0 Å². The van der Waals surface area contributed by atoms with Crippen molar-refractivity contribution in [2.45, 2.75) is 33.1 Å². The van der Waals surface area contributed by atoms with Crippen molar-refractivity contribution in [2.24, 2.45) is 11.8 Å². The largest absolute Gasteiger partial charge is 0.326 e. The lowest BCUT2D eigenvalue weighted by Gasteiger charge is -2.13. The van der Waals surface area contributed by atoms with Crippen LogP contribution < -0.4 is 5.32 Å². The van der Waals surface area contributed by atoms with Gasteiger partial charge in [-0.2, -0.15) is 0 Å². The summed E-state index contributed by atoms with van der Waals surface area (Å²) in [6.07, 6.45) is 3.38. The Morgan fingerprint density at radius 2 is 2.12 bits per heavy atom. The molecule has 0 bridgehead atoms. The summed E-state index contributed by atoms with van der Waals surface area (Å²) >= 11 is 0. The molecule has 0 aromatic heterocycles. The Morgan fingerprint density at radius 3 is 2.75 bits per heavy atom. The third-order valence-corrected chi connectivity index (χ3v) is 3.40. The van der Waals surface area contributed by atoms with Crippen molar-refractivity contribution in [1.29, 1.82) is 0 Å². The molecule has 0 saturated heterocycles. The number of amides is 1. The highest BCUT2D eigenvalue weighted by Gasteiger charge is 2.32. The maximum atomic E-state index is 12.0. The second-order valence-corrected chi connectivity index (χ2v) is 4.63. The van der Waals surface area contributed by atoms with E-state index in [4.69, 9.17) is 0 Å². The van der Waals surface area contributed by atoms with Crippen LogP contribution in [0.25, 0.3) is 0 Å². The van der Waals surface area contributed by atoms with Crippen LogP contribution in [0.15, 0.2) is 24.3 Å². The number of benzene rings is 1. The lowest BCUT2D eigenvalue weighted by molar-refractivity contribution is -0.119. The molecule has 16 heavy (non-hydrogen) atoms. The first-order chi connectivity index (χ1) is 7.72. The van der Waals surface area contributed by atoms with Gasteiger partial charge in [-0.05, 0) is 36.8 Å². The molecule has 2 heteroatoms. The first-order valence-corrected chi connectivity index (χ1v) is 6.11. The Hall–Kier alpha value is -1.31. The van der Waals surface area contributed by atoms with Crippen LogP contribution in [0.4, 0.5) is 5.69 Å². The van der Waals surface area contributed by atoms with E-state index in [1.165, 1.54) is 18.4 Å². The van der Waals surface area contributed by atoms with Crippen LogP contribution in [0.3, 0.4) is 0 Å². The maximum absolute atomic E-state index is 12.0. The zero-order valence-electron chi connectivity index (χ0n) is 9.99. The Kier molecular flexibility index (Phi) is 3.28. The second-order valence-electron chi connectivity index (χ2n) is 4.63. The summed E-state index contributed by atoms with van der Waals surface area (Å²) in [6, 6.07) is 8.03. The average molecular weight is 217 g/mol. The number of para-hydroxylation sites is 1. The minimum absolute atomic E-state index is 0.157. The van der Waals surface area contributed by atoms with Crippen LogP contribution in [0, 0.1) is 11.8 Å². The number of hydrogen-bond acceptors (Lipinski definition) is 1. The van der Waals surface area contributed by atoms with E-state index in [1.807, 2.05) is 25.1 Å². The van der Waals surface area contributed by atoms with Gasteiger partial charge in [-0.3, -0.25) is 4.79 Å². The van der Waals surface area contributed by atoms with Gasteiger partial charge in [0, 0.05) is 11.6 Å². The Balaban J connectivity index is 2.04. The quantitative estimate of drug-likeness (QED) is 0.824. The molecule has 1 unspecified atom stereocenters. The molecule has 1 aliphatic carbocycles. The predicted molar refractivity (Wildman–Crippen MR) is 66.3 cm³/mol. The van der Waals surface area contributed by atoms with E-state index < -0.39 is 0 Å². The van der Waals surface area contributed by atoms with Crippen LogP contribution in [0.2, 0.25) is 0 Å². The van der Waals surface area contributed by atoms with Crippen LogP contribution in [0.1, 0.15) is 32.3 Å². The van der Waals surface area contributed by atoms with E-state index in [1.54, 1.807) is 0 Å². The molecule has 0 aliphatic heterocycles. The molecule has 1 aromatic rings. The molecule has 0 spiro atoms. The summed E-state index contributed by atoms with van der Waals surface area (Å²) in [5, 5.41) is 3.04. The highest BCUT2D eigenvalue weighted by Crippen LogP contribution is 2.37. The average Bonchev–Trinajstić information content (AvgIpc) is 3.12. The SMILES string of the molecule is CCc1ccccc1NC(=O)C(C)C1CC1. The number of carbonyl (C=O) groups is 1. The van der Waals surface area contributed by atoms with Gasteiger partial charge in [-0.25, -0.2) is 0 Å². The molecule has 0 heterocycles. The highest BCUT2D eigenvalue weighted by atomic mass is 16.1. The lowest BCUT2D eigenvalue weighted by Crippen LogP contribution is -2.22. The molecule has 1 aliphatic rings. The van der Waals surface area contributed by atoms with Crippen molar-refractivity contribution >= 4 is 11.6 Å². The van der Waals surface area contributed by atoms with E-state index in [0.717, 1.165) is 12.1 Å². The van der Waals surface area contributed by atoms with E-state index in [-0.39, 0.29) is 11.8 Å². The first-order valence-electron chi connectivity index (χ1n) is 6.11. The zero-order valence-corrected chi connectivity index (χ0v) is 9.99. The van der Waals surface area contributed by atoms with Crippen molar-refractivity contribution in [2.75, 3.05) is 5.32 Å². The highest BCUT2D eigenvalue weighted by molar-refractivity contribution is 5.93. The molecule has 1 N–H and O–H groups in total. The third kappa shape index (κ3) is 2.43. The third-order valence-electron chi connectivity index (χ3n) is 3.40. The molecule has 2 rings (SSSR count). The fourth-order valence-electron chi connectivity index (χ4n) is 2.01. The Labute approximate surface area is 97.1 Å². The van der Waals surface area contributed by atoms with Gasteiger partial charge in [0.1, 0.15) is 0 Å². The number of nitrogens with one attached hydrogen (secondary N) is 1. The smallest absolute Gasteiger partial charge is 0.227 e. The van der Waals surface area contributed by atoms with Crippen molar-refractivity contribution < 1.29 is 4.79 Å². The summed E-state index contributed by atoms with van der Waals surface area (Å²) in [7, 11) is 0. The molecule has 1 aromatic carbocycles.